The first-order valence-corrected chi connectivity index (χ1v) is 9.59. The van der Waals surface area contributed by atoms with Crippen LogP contribution < -0.4 is 5.32 Å². The van der Waals surface area contributed by atoms with Crippen LogP contribution in [0.15, 0.2) is 48.7 Å². The first-order valence-electron chi connectivity index (χ1n) is 9.59. The minimum absolute atomic E-state index is 0.0405. The third-order valence-corrected chi connectivity index (χ3v) is 4.73. The van der Waals surface area contributed by atoms with E-state index < -0.39 is 0 Å². The molecule has 27 heavy (non-hydrogen) atoms. The van der Waals surface area contributed by atoms with Crippen LogP contribution in [-0.2, 0) is 11.3 Å². The van der Waals surface area contributed by atoms with Crippen LogP contribution >= 0.6 is 0 Å². The molecule has 0 saturated carbocycles. The van der Waals surface area contributed by atoms with Crippen LogP contribution in [0.1, 0.15) is 23.0 Å². The number of morpholine rings is 1. The summed E-state index contributed by atoms with van der Waals surface area (Å²) in [4.78, 5) is 21.3. The molecule has 0 radical (unpaired) electrons. The third kappa shape index (κ3) is 5.77. The average molecular weight is 368 g/mol. The highest BCUT2D eigenvalue weighted by molar-refractivity contribution is 5.92. The topological polar surface area (TPSA) is 57.7 Å². The fourth-order valence-corrected chi connectivity index (χ4v) is 3.10. The van der Waals surface area contributed by atoms with Crippen molar-refractivity contribution in [3.05, 3.63) is 59.9 Å². The lowest BCUT2D eigenvalue weighted by Gasteiger charge is -2.26. The van der Waals surface area contributed by atoms with Crippen molar-refractivity contribution in [2.24, 2.45) is 0 Å². The number of nitrogens with zero attached hydrogens (tertiary/aromatic N) is 3. The number of carbonyl (C=O) groups excluding carboxylic acids is 1. The van der Waals surface area contributed by atoms with Crippen LogP contribution in [0.2, 0.25) is 0 Å². The van der Waals surface area contributed by atoms with Crippen LogP contribution in [0.3, 0.4) is 0 Å². The summed E-state index contributed by atoms with van der Waals surface area (Å²) in [7, 11) is 0. The molecule has 3 rings (SSSR count). The number of amides is 1. The molecule has 0 aliphatic carbocycles. The number of carbonyl (C=O) groups is 1. The summed E-state index contributed by atoms with van der Waals surface area (Å²) in [5.41, 5.74) is 2.53. The predicted molar refractivity (Wildman–Crippen MR) is 107 cm³/mol. The average Bonchev–Trinajstić information content (AvgIpc) is 2.73. The van der Waals surface area contributed by atoms with Gasteiger partial charge in [-0.15, -0.1) is 0 Å². The van der Waals surface area contributed by atoms with E-state index in [-0.39, 0.29) is 5.91 Å². The SMILES string of the molecule is CCN(Cc1ccccc1)C(=O)c1ccc(NCCN2CCOCC2)cn1. The molecule has 1 aromatic carbocycles. The highest BCUT2D eigenvalue weighted by Crippen LogP contribution is 2.11. The number of benzene rings is 1. The molecule has 0 atom stereocenters. The van der Waals surface area contributed by atoms with Gasteiger partial charge in [0, 0.05) is 39.3 Å². The normalized spacial score (nSPS) is 14.7. The molecule has 1 aromatic heterocycles. The van der Waals surface area contributed by atoms with E-state index in [1.807, 2.05) is 48.2 Å². The lowest BCUT2D eigenvalue weighted by molar-refractivity contribution is 0.0398. The Hall–Kier alpha value is -2.44. The van der Waals surface area contributed by atoms with E-state index in [2.05, 4.69) is 15.2 Å². The quantitative estimate of drug-likeness (QED) is 0.776. The van der Waals surface area contributed by atoms with Gasteiger partial charge in [0.05, 0.1) is 25.1 Å². The van der Waals surface area contributed by atoms with Gasteiger partial charge in [0.25, 0.3) is 5.91 Å². The molecule has 2 aromatic rings. The van der Waals surface area contributed by atoms with E-state index in [9.17, 15) is 4.79 Å². The Bertz CT molecular complexity index is 700. The van der Waals surface area contributed by atoms with E-state index in [1.54, 1.807) is 12.3 Å². The molecule has 1 amide bonds. The molecule has 0 bridgehead atoms. The Labute approximate surface area is 161 Å². The second-order valence-corrected chi connectivity index (χ2v) is 6.62. The molecular weight excluding hydrogens is 340 g/mol. The monoisotopic (exact) mass is 368 g/mol. The van der Waals surface area contributed by atoms with Gasteiger partial charge in [0.2, 0.25) is 0 Å². The first kappa shape index (κ1) is 19.3. The molecule has 2 heterocycles. The summed E-state index contributed by atoms with van der Waals surface area (Å²) in [5, 5.41) is 3.37. The summed E-state index contributed by atoms with van der Waals surface area (Å²) in [6.07, 6.45) is 1.74. The summed E-state index contributed by atoms with van der Waals surface area (Å²) in [6.45, 7) is 8.66. The van der Waals surface area contributed by atoms with Gasteiger partial charge in [-0.25, -0.2) is 4.98 Å². The van der Waals surface area contributed by atoms with Crippen molar-refractivity contribution in [3.63, 3.8) is 0 Å². The maximum Gasteiger partial charge on any atom is 0.272 e. The molecule has 1 saturated heterocycles. The summed E-state index contributed by atoms with van der Waals surface area (Å²) in [6, 6.07) is 13.7. The molecule has 1 aliphatic rings. The zero-order valence-electron chi connectivity index (χ0n) is 15.9. The van der Waals surface area contributed by atoms with Crippen LogP contribution in [0, 0.1) is 0 Å². The predicted octanol–water partition coefficient (Wildman–Crippen LogP) is 2.49. The molecular formula is C21H28N4O2. The van der Waals surface area contributed by atoms with Gasteiger partial charge in [-0.05, 0) is 24.6 Å². The van der Waals surface area contributed by atoms with Crippen molar-refractivity contribution >= 4 is 11.6 Å². The van der Waals surface area contributed by atoms with Gasteiger partial charge >= 0.3 is 0 Å². The van der Waals surface area contributed by atoms with Crippen LogP contribution in [-0.4, -0.2) is 66.6 Å². The summed E-state index contributed by atoms with van der Waals surface area (Å²) >= 11 is 0. The minimum Gasteiger partial charge on any atom is -0.383 e. The van der Waals surface area contributed by atoms with E-state index in [1.165, 1.54) is 0 Å². The van der Waals surface area contributed by atoms with Crippen LogP contribution in [0.5, 0.6) is 0 Å². The number of hydrogen-bond acceptors (Lipinski definition) is 5. The largest absolute Gasteiger partial charge is 0.383 e. The number of nitrogens with one attached hydrogen (secondary N) is 1. The molecule has 0 unspecified atom stereocenters. The first-order chi connectivity index (χ1) is 13.3. The van der Waals surface area contributed by atoms with E-state index in [4.69, 9.17) is 4.74 Å². The minimum atomic E-state index is -0.0405. The van der Waals surface area contributed by atoms with E-state index in [0.29, 0.717) is 18.8 Å². The Kier molecular flexibility index (Phi) is 7.19. The molecule has 1 aliphatic heterocycles. The highest BCUT2D eigenvalue weighted by Gasteiger charge is 2.16. The highest BCUT2D eigenvalue weighted by atomic mass is 16.5. The summed E-state index contributed by atoms with van der Waals surface area (Å²) < 4.78 is 5.36. The number of hydrogen-bond donors (Lipinski definition) is 1. The maximum atomic E-state index is 12.7. The Morgan fingerprint density at radius 2 is 1.96 bits per heavy atom. The number of pyridine rings is 1. The van der Waals surface area contributed by atoms with E-state index >= 15 is 0 Å². The fraction of sp³-hybridized carbons (Fsp3) is 0.429. The second-order valence-electron chi connectivity index (χ2n) is 6.62. The molecule has 0 spiro atoms. The van der Waals surface area contributed by atoms with Crippen molar-refractivity contribution in [2.75, 3.05) is 51.3 Å². The van der Waals surface area contributed by atoms with Gasteiger partial charge < -0.3 is 15.0 Å². The van der Waals surface area contributed by atoms with Crippen molar-refractivity contribution < 1.29 is 9.53 Å². The number of aromatic nitrogens is 1. The molecule has 6 heteroatoms. The number of ether oxygens (including phenoxy) is 1. The van der Waals surface area contributed by atoms with Gasteiger partial charge in [0.1, 0.15) is 5.69 Å². The van der Waals surface area contributed by atoms with Crippen molar-refractivity contribution in [3.8, 4) is 0 Å². The maximum absolute atomic E-state index is 12.7. The number of rotatable bonds is 8. The van der Waals surface area contributed by atoms with Gasteiger partial charge in [0.15, 0.2) is 0 Å². The van der Waals surface area contributed by atoms with Gasteiger partial charge in [-0.2, -0.15) is 0 Å². The molecule has 144 valence electrons. The van der Waals surface area contributed by atoms with Crippen LogP contribution in [0.25, 0.3) is 0 Å². The Balaban J connectivity index is 1.51. The van der Waals surface area contributed by atoms with Crippen molar-refractivity contribution in [2.45, 2.75) is 13.5 Å². The number of anilines is 1. The molecule has 1 fully saturated rings. The lowest BCUT2D eigenvalue weighted by Crippen LogP contribution is -2.39. The van der Waals surface area contributed by atoms with Crippen molar-refractivity contribution in [1.82, 2.24) is 14.8 Å². The Morgan fingerprint density at radius 1 is 1.19 bits per heavy atom. The Morgan fingerprint density at radius 3 is 2.63 bits per heavy atom. The van der Waals surface area contributed by atoms with Gasteiger partial charge in [-0.3, -0.25) is 9.69 Å². The summed E-state index contributed by atoms with van der Waals surface area (Å²) in [5.74, 6) is -0.0405. The smallest absolute Gasteiger partial charge is 0.272 e. The molecule has 1 N–H and O–H groups in total. The zero-order chi connectivity index (χ0) is 18.9. The van der Waals surface area contributed by atoms with Crippen LogP contribution in [0.4, 0.5) is 5.69 Å². The zero-order valence-corrected chi connectivity index (χ0v) is 15.9. The third-order valence-electron chi connectivity index (χ3n) is 4.73. The van der Waals surface area contributed by atoms with Gasteiger partial charge in [-0.1, -0.05) is 30.3 Å². The second kappa shape index (κ2) is 10.0. The van der Waals surface area contributed by atoms with E-state index in [0.717, 1.165) is 50.6 Å². The lowest BCUT2D eigenvalue weighted by atomic mass is 10.2. The standard InChI is InChI=1S/C21H28N4O2/c1-2-25(17-18-6-4-3-5-7-18)21(26)20-9-8-19(16-23-20)22-10-11-24-12-14-27-15-13-24/h3-9,16,22H,2,10-15,17H2,1H3. The molecule has 6 nitrogen and oxygen atoms in total. The fourth-order valence-electron chi connectivity index (χ4n) is 3.10. The van der Waals surface area contributed by atoms with Crippen molar-refractivity contribution in [1.29, 1.82) is 0 Å².